The molecule has 0 aliphatic heterocycles. The van der Waals surface area contributed by atoms with Crippen molar-refractivity contribution in [3.8, 4) is 5.75 Å². The SMILES string of the molecule is CC(C)(C)[Si](C)(C)O[C@@H]1CCCC[C@H]1NCCOc1cc(Cl)nnc1Cl. The Labute approximate surface area is 168 Å². The average molecular weight is 420 g/mol. The van der Waals surface area contributed by atoms with Crippen molar-refractivity contribution in [2.24, 2.45) is 0 Å². The Bertz CT molecular complexity index is 596. The summed E-state index contributed by atoms with van der Waals surface area (Å²) >= 11 is 11.8. The highest BCUT2D eigenvalue weighted by Crippen LogP contribution is 2.39. The standard InChI is InChI=1S/C18H31Cl2N3O2Si/c1-18(2,3)26(4,5)25-14-9-7-6-8-13(14)21-10-11-24-15-12-16(19)22-23-17(15)20/h12-14,21H,6-11H2,1-5H3/t13-,14-/m1/s1. The highest BCUT2D eigenvalue weighted by molar-refractivity contribution is 6.74. The van der Waals surface area contributed by atoms with Crippen LogP contribution >= 0.6 is 23.2 Å². The van der Waals surface area contributed by atoms with Crippen molar-refractivity contribution >= 4 is 31.5 Å². The largest absolute Gasteiger partial charge is 0.489 e. The molecule has 0 bridgehead atoms. The molecule has 0 amide bonds. The summed E-state index contributed by atoms with van der Waals surface area (Å²) in [5.41, 5.74) is 0. The molecule has 26 heavy (non-hydrogen) atoms. The lowest BCUT2D eigenvalue weighted by Crippen LogP contribution is -2.52. The topological polar surface area (TPSA) is 56.3 Å². The van der Waals surface area contributed by atoms with E-state index in [1.54, 1.807) is 6.07 Å². The third-order valence-electron chi connectivity index (χ3n) is 5.41. The average Bonchev–Trinajstić information content (AvgIpc) is 2.54. The molecule has 2 rings (SSSR count). The Kier molecular flexibility index (Phi) is 7.74. The monoisotopic (exact) mass is 419 g/mol. The summed E-state index contributed by atoms with van der Waals surface area (Å²) < 4.78 is 12.4. The molecule has 1 N–H and O–H groups in total. The summed E-state index contributed by atoms with van der Waals surface area (Å²) in [7, 11) is -1.77. The Morgan fingerprint density at radius 2 is 1.88 bits per heavy atom. The third-order valence-corrected chi connectivity index (χ3v) is 10.4. The maximum absolute atomic E-state index is 6.68. The molecule has 1 aliphatic rings. The van der Waals surface area contributed by atoms with E-state index in [0.717, 1.165) is 19.4 Å². The number of rotatable bonds is 7. The molecule has 1 heterocycles. The second-order valence-corrected chi connectivity index (χ2v) is 13.9. The maximum atomic E-state index is 6.68. The van der Waals surface area contributed by atoms with Gasteiger partial charge >= 0.3 is 0 Å². The molecule has 2 atom stereocenters. The van der Waals surface area contributed by atoms with Gasteiger partial charge in [0, 0.05) is 18.7 Å². The molecule has 0 radical (unpaired) electrons. The van der Waals surface area contributed by atoms with Crippen molar-refractivity contribution in [2.45, 2.75) is 76.7 Å². The van der Waals surface area contributed by atoms with E-state index in [1.165, 1.54) is 12.8 Å². The first-order chi connectivity index (χ1) is 12.1. The van der Waals surface area contributed by atoms with E-state index in [1.807, 2.05) is 0 Å². The van der Waals surface area contributed by atoms with E-state index in [-0.39, 0.29) is 21.4 Å². The number of aromatic nitrogens is 2. The molecule has 1 aromatic rings. The van der Waals surface area contributed by atoms with Gasteiger partial charge in [0.05, 0.1) is 6.10 Å². The molecule has 0 unspecified atom stereocenters. The normalized spacial score (nSPS) is 21.7. The Hall–Kier alpha value is -0.403. The number of halogens is 2. The molecule has 1 aromatic heterocycles. The molecule has 0 spiro atoms. The van der Waals surface area contributed by atoms with E-state index in [2.05, 4.69) is 49.4 Å². The van der Waals surface area contributed by atoms with Crippen LogP contribution in [0.3, 0.4) is 0 Å². The Morgan fingerprint density at radius 3 is 2.58 bits per heavy atom. The summed E-state index contributed by atoms with van der Waals surface area (Å²) in [4.78, 5) is 0. The van der Waals surface area contributed by atoms with Crippen molar-refractivity contribution in [3.63, 3.8) is 0 Å². The number of hydrogen-bond donors (Lipinski definition) is 1. The number of nitrogens with zero attached hydrogens (tertiary/aromatic N) is 2. The van der Waals surface area contributed by atoms with Crippen molar-refractivity contribution in [2.75, 3.05) is 13.2 Å². The summed E-state index contributed by atoms with van der Waals surface area (Å²) in [6, 6.07) is 1.96. The molecule has 0 saturated heterocycles. The van der Waals surface area contributed by atoms with Gasteiger partial charge in [-0.25, -0.2) is 0 Å². The molecule has 1 fully saturated rings. The summed E-state index contributed by atoms with van der Waals surface area (Å²) in [6.07, 6.45) is 5.03. The van der Waals surface area contributed by atoms with Gasteiger partial charge in [-0.1, -0.05) is 56.8 Å². The van der Waals surface area contributed by atoms with E-state index >= 15 is 0 Å². The van der Waals surface area contributed by atoms with Gasteiger partial charge in [-0.3, -0.25) is 0 Å². The van der Waals surface area contributed by atoms with Gasteiger partial charge in [-0.15, -0.1) is 10.2 Å². The molecule has 5 nitrogen and oxygen atoms in total. The highest BCUT2D eigenvalue weighted by atomic mass is 35.5. The van der Waals surface area contributed by atoms with Gasteiger partial charge in [-0.2, -0.15) is 0 Å². The Morgan fingerprint density at radius 1 is 1.19 bits per heavy atom. The molecule has 8 heteroatoms. The maximum Gasteiger partial charge on any atom is 0.193 e. The first-order valence-corrected chi connectivity index (χ1v) is 13.0. The Balaban J connectivity index is 1.85. The number of ether oxygens (including phenoxy) is 1. The van der Waals surface area contributed by atoms with Crippen molar-refractivity contribution in [3.05, 3.63) is 16.4 Å². The van der Waals surface area contributed by atoms with Crippen LogP contribution in [0.1, 0.15) is 46.5 Å². The molecular weight excluding hydrogens is 389 g/mol. The zero-order chi connectivity index (χ0) is 19.4. The van der Waals surface area contributed by atoms with Gasteiger partial charge in [0.2, 0.25) is 0 Å². The first-order valence-electron chi connectivity index (χ1n) is 9.33. The van der Waals surface area contributed by atoms with Crippen LogP contribution in [0.4, 0.5) is 0 Å². The van der Waals surface area contributed by atoms with Gasteiger partial charge in [0.15, 0.2) is 24.4 Å². The zero-order valence-electron chi connectivity index (χ0n) is 16.4. The summed E-state index contributed by atoms with van der Waals surface area (Å²) in [6.45, 7) is 12.7. The molecule has 1 aliphatic carbocycles. The fraction of sp³-hybridized carbons (Fsp3) is 0.778. The van der Waals surface area contributed by atoms with Crippen LogP contribution < -0.4 is 10.1 Å². The van der Waals surface area contributed by atoms with Crippen LogP contribution in [-0.2, 0) is 4.43 Å². The van der Waals surface area contributed by atoms with Crippen LogP contribution in [0.5, 0.6) is 5.75 Å². The second kappa shape index (κ2) is 9.19. The summed E-state index contributed by atoms with van der Waals surface area (Å²) in [5, 5.41) is 11.8. The third kappa shape index (κ3) is 6.06. The van der Waals surface area contributed by atoms with Crippen molar-refractivity contribution < 1.29 is 9.16 Å². The molecule has 148 valence electrons. The van der Waals surface area contributed by atoms with Crippen molar-refractivity contribution in [1.82, 2.24) is 15.5 Å². The van der Waals surface area contributed by atoms with Crippen LogP contribution in [-0.4, -0.2) is 43.8 Å². The minimum Gasteiger partial charge on any atom is -0.489 e. The number of hydrogen-bond acceptors (Lipinski definition) is 5. The smallest absolute Gasteiger partial charge is 0.193 e. The minimum atomic E-state index is -1.77. The highest BCUT2D eigenvalue weighted by Gasteiger charge is 2.41. The van der Waals surface area contributed by atoms with E-state index in [0.29, 0.717) is 18.4 Å². The predicted octanol–water partition coefficient (Wildman–Crippen LogP) is 5.08. The number of nitrogens with one attached hydrogen (secondary N) is 1. The van der Waals surface area contributed by atoms with Crippen LogP contribution in [0.25, 0.3) is 0 Å². The van der Waals surface area contributed by atoms with Gasteiger partial charge in [-0.05, 0) is 31.0 Å². The minimum absolute atomic E-state index is 0.225. The molecule has 1 saturated carbocycles. The van der Waals surface area contributed by atoms with Crippen LogP contribution in [0.2, 0.25) is 28.4 Å². The lowest BCUT2D eigenvalue weighted by molar-refractivity contribution is 0.0973. The lowest BCUT2D eigenvalue weighted by atomic mass is 9.93. The van der Waals surface area contributed by atoms with Crippen LogP contribution in [0.15, 0.2) is 6.07 Å². The summed E-state index contributed by atoms with van der Waals surface area (Å²) in [5.74, 6) is 0.464. The molecule has 0 aromatic carbocycles. The predicted molar refractivity (Wildman–Crippen MR) is 110 cm³/mol. The molecular formula is C18H31Cl2N3O2Si. The lowest BCUT2D eigenvalue weighted by Gasteiger charge is -2.43. The quantitative estimate of drug-likeness (QED) is 0.492. The fourth-order valence-corrected chi connectivity index (χ4v) is 4.55. The van der Waals surface area contributed by atoms with E-state index < -0.39 is 8.32 Å². The van der Waals surface area contributed by atoms with Crippen LogP contribution in [0, 0.1) is 0 Å². The second-order valence-electron chi connectivity index (χ2n) is 8.43. The fourth-order valence-electron chi connectivity index (χ4n) is 2.87. The van der Waals surface area contributed by atoms with Gasteiger partial charge < -0.3 is 14.5 Å². The van der Waals surface area contributed by atoms with Gasteiger partial charge in [0.25, 0.3) is 0 Å². The van der Waals surface area contributed by atoms with Crippen molar-refractivity contribution in [1.29, 1.82) is 0 Å². The first kappa shape index (κ1) is 21.9. The van der Waals surface area contributed by atoms with Gasteiger partial charge in [0.1, 0.15) is 6.61 Å². The van der Waals surface area contributed by atoms with E-state index in [9.17, 15) is 0 Å². The zero-order valence-corrected chi connectivity index (χ0v) is 19.0. The van der Waals surface area contributed by atoms with E-state index in [4.69, 9.17) is 32.4 Å².